The van der Waals surface area contributed by atoms with Gasteiger partial charge in [-0.1, -0.05) is 45.4 Å². The largest absolute Gasteiger partial charge is 0.381 e. The lowest BCUT2D eigenvalue weighted by Gasteiger charge is -2.28. The standard InChI is InChI=1S/C22H41NO4/c1-3-4-5-10-16-26-17-15-19-18(20-13-14-21(19)27-20)11-8-6-7-9-12-22(24)23(2)25/h18-21,25H,3-17H2,1-2H3/t18-,19-,20-,21+/m1/s1. The SMILES string of the molecule is CCCCCCOCC[C@@H]1[C@@H](CCCCCCC(=O)N(C)O)[C@H]2CC[C@@H]1O2. The van der Waals surface area contributed by atoms with Crippen molar-refractivity contribution in [1.29, 1.82) is 0 Å². The van der Waals surface area contributed by atoms with Gasteiger partial charge in [-0.25, -0.2) is 5.06 Å². The fourth-order valence-corrected chi connectivity index (χ4v) is 4.79. The molecule has 1 amide bonds. The van der Waals surface area contributed by atoms with Gasteiger partial charge in [0.1, 0.15) is 0 Å². The van der Waals surface area contributed by atoms with Crippen LogP contribution in [-0.2, 0) is 14.3 Å². The number of hydrogen-bond donors (Lipinski definition) is 1. The first-order valence-electron chi connectivity index (χ1n) is 11.3. The molecule has 0 saturated carbocycles. The topological polar surface area (TPSA) is 59.0 Å². The minimum atomic E-state index is -0.189. The van der Waals surface area contributed by atoms with E-state index in [9.17, 15) is 4.79 Å². The van der Waals surface area contributed by atoms with Gasteiger partial charge in [0.25, 0.3) is 0 Å². The molecule has 2 rings (SSSR count). The van der Waals surface area contributed by atoms with Crippen LogP contribution in [0.25, 0.3) is 0 Å². The minimum Gasteiger partial charge on any atom is -0.381 e. The number of carbonyl (C=O) groups is 1. The molecule has 4 atom stereocenters. The molecular weight excluding hydrogens is 342 g/mol. The average molecular weight is 384 g/mol. The first-order valence-corrected chi connectivity index (χ1v) is 11.3. The van der Waals surface area contributed by atoms with Gasteiger partial charge in [0.05, 0.1) is 12.2 Å². The predicted octanol–water partition coefficient (Wildman–Crippen LogP) is 4.96. The molecule has 5 nitrogen and oxygen atoms in total. The van der Waals surface area contributed by atoms with Gasteiger partial charge in [-0.2, -0.15) is 0 Å². The summed E-state index contributed by atoms with van der Waals surface area (Å²) in [4.78, 5) is 11.4. The Balaban J connectivity index is 1.56. The van der Waals surface area contributed by atoms with Crippen LogP contribution in [-0.4, -0.2) is 48.6 Å². The van der Waals surface area contributed by atoms with Gasteiger partial charge in [-0.3, -0.25) is 10.0 Å². The summed E-state index contributed by atoms with van der Waals surface area (Å²) in [6.07, 6.45) is 15.7. The second kappa shape index (κ2) is 12.7. The van der Waals surface area contributed by atoms with Crippen LogP contribution in [0.2, 0.25) is 0 Å². The first kappa shape index (κ1) is 22.6. The predicted molar refractivity (Wildman–Crippen MR) is 107 cm³/mol. The Bertz CT molecular complexity index is 415. The van der Waals surface area contributed by atoms with E-state index in [1.807, 2.05) is 0 Å². The highest BCUT2D eigenvalue weighted by atomic mass is 16.5. The second-order valence-corrected chi connectivity index (χ2v) is 8.45. The smallest absolute Gasteiger partial charge is 0.245 e. The lowest BCUT2D eigenvalue weighted by atomic mass is 9.75. The van der Waals surface area contributed by atoms with E-state index < -0.39 is 0 Å². The molecule has 5 heteroatoms. The van der Waals surface area contributed by atoms with Crippen LogP contribution in [0.3, 0.4) is 0 Å². The van der Waals surface area contributed by atoms with Crippen molar-refractivity contribution >= 4 is 5.91 Å². The third-order valence-corrected chi connectivity index (χ3v) is 6.37. The zero-order valence-electron chi connectivity index (χ0n) is 17.5. The number of carbonyl (C=O) groups excluding carboxylic acids is 1. The van der Waals surface area contributed by atoms with Crippen LogP contribution < -0.4 is 0 Å². The van der Waals surface area contributed by atoms with E-state index in [1.54, 1.807) is 0 Å². The van der Waals surface area contributed by atoms with E-state index in [2.05, 4.69) is 6.92 Å². The summed E-state index contributed by atoms with van der Waals surface area (Å²) < 4.78 is 12.1. The monoisotopic (exact) mass is 383 g/mol. The van der Waals surface area contributed by atoms with Crippen LogP contribution >= 0.6 is 0 Å². The Hall–Kier alpha value is -0.650. The van der Waals surface area contributed by atoms with Crippen molar-refractivity contribution in [3.63, 3.8) is 0 Å². The van der Waals surface area contributed by atoms with Crippen LogP contribution in [0.1, 0.15) is 90.4 Å². The molecule has 1 N–H and O–H groups in total. The Labute approximate surface area is 165 Å². The molecular formula is C22H41NO4. The molecule has 0 aromatic rings. The Kier molecular flexibility index (Phi) is 10.7. The van der Waals surface area contributed by atoms with Gasteiger partial charge >= 0.3 is 0 Å². The van der Waals surface area contributed by atoms with Crippen molar-refractivity contribution in [2.24, 2.45) is 11.8 Å². The van der Waals surface area contributed by atoms with Gasteiger partial charge in [-0.15, -0.1) is 0 Å². The van der Waals surface area contributed by atoms with E-state index in [0.717, 1.165) is 38.9 Å². The number of fused-ring (bicyclic) bond motifs is 2. The van der Waals surface area contributed by atoms with Crippen molar-refractivity contribution in [1.82, 2.24) is 5.06 Å². The Morgan fingerprint density at radius 2 is 1.63 bits per heavy atom. The summed E-state index contributed by atoms with van der Waals surface area (Å²) >= 11 is 0. The van der Waals surface area contributed by atoms with E-state index >= 15 is 0 Å². The summed E-state index contributed by atoms with van der Waals surface area (Å²) in [7, 11) is 1.40. The number of rotatable bonds is 15. The lowest BCUT2D eigenvalue weighted by molar-refractivity contribution is -0.159. The fourth-order valence-electron chi connectivity index (χ4n) is 4.79. The summed E-state index contributed by atoms with van der Waals surface area (Å²) in [5, 5.41) is 9.76. The quantitative estimate of drug-likeness (QED) is 0.247. The number of ether oxygens (including phenoxy) is 2. The average Bonchev–Trinajstić information content (AvgIpc) is 3.25. The molecule has 2 fully saturated rings. The Morgan fingerprint density at radius 3 is 2.33 bits per heavy atom. The molecule has 27 heavy (non-hydrogen) atoms. The number of amides is 1. The molecule has 0 aliphatic carbocycles. The number of unbranched alkanes of at least 4 members (excludes halogenated alkanes) is 6. The molecule has 2 aliphatic heterocycles. The zero-order chi connectivity index (χ0) is 19.5. The van der Waals surface area contributed by atoms with Crippen LogP contribution in [0.15, 0.2) is 0 Å². The molecule has 0 unspecified atom stereocenters. The van der Waals surface area contributed by atoms with E-state index in [1.165, 1.54) is 58.4 Å². The van der Waals surface area contributed by atoms with E-state index in [0.29, 0.717) is 35.5 Å². The number of nitrogens with zero attached hydrogens (tertiary/aromatic N) is 1. The molecule has 0 aromatic carbocycles. The zero-order valence-corrected chi connectivity index (χ0v) is 17.5. The van der Waals surface area contributed by atoms with Gasteiger partial charge in [-0.05, 0) is 50.4 Å². The molecule has 0 aromatic heterocycles. The number of hydroxylamine groups is 2. The van der Waals surface area contributed by atoms with Gasteiger partial charge in [0, 0.05) is 26.7 Å². The maximum absolute atomic E-state index is 11.4. The van der Waals surface area contributed by atoms with Crippen LogP contribution in [0, 0.1) is 11.8 Å². The minimum absolute atomic E-state index is 0.189. The highest BCUT2D eigenvalue weighted by molar-refractivity contribution is 5.74. The first-order chi connectivity index (χ1) is 13.1. The summed E-state index contributed by atoms with van der Waals surface area (Å²) in [5.74, 6) is 1.20. The lowest BCUT2D eigenvalue weighted by Crippen LogP contribution is -2.28. The Morgan fingerprint density at radius 1 is 0.963 bits per heavy atom. The maximum Gasteiger partial charge on any atom is 0.245 e. The summed E-state index contributed by atoms with van der Waals surface area (Å²) in [5.41, 5.74) is 0. The van der Waals surface area contributed by atoms with E-state index in [-0.39, 0.29) is 5.91 Å². The third-order valence-electron chi connectivity index (χ3n) is 6.37. The highest BCUT2D eigenvalue weighted by Crippen LogP contribution is 2.47. The second-order valence-electron chi connectivity index (χ2n) is 8.45. The van der Waals surface area contributed by atoms with Crippen LogP contribution in [0.4, 0.5) is 0 Å². The maximum atomic E-state index is 11.4. The molecule has 2 bridgehead atoms. The molecule has 2 heterocycles. The molecule has 2 saturated heterocycles. The normalized spacial score (nSPS) is 26.6. The molecule has 158 valence electrons. The molecule has 0 radical (unpaired) electrons. The number of hydrogen-bond acceptors (Lipinski definition) is 4. The van der Waals surface area contributed by atoms with Gasteiger partial charge in [0.2, 0.25) is 5.91 Å². The van der Waals surface area contributed by atoms with Crippen molar-refractivity contribution < 1.29 is 19.5 Å². The van der Waals surface area contributed by atoms with Crippen LogP contribution in [0.5, 0.6) is 0 Å². The van der Waals surface area contributed by atoms with Gasteiger partial charge in [0.15, 0.2) is 0 Å². The summed E-state index contributed by atoms with van der Waals surface area (Å²) in [6.45, 7) is 4.04. The van der Waals surface area contributed by atoms with Crippen molar-refractivity contribution in [2.45, 2.75) is 103 Å². The molecule has 0 spiro atoms. The summed E-state index contributed by atoms with van der Waals surface area (Å²) in [6, 6.07) is 0. The van der Waals surface area contributed by atoms with Crippen molar-refractivity contribution in [3.05, 3.63) is 0 Å². The van der Waals surface area contributed by atoms with Crippen molar-refractivity contribution in [2.75, 3.05) is 20.3 Å². The molecule has 2 aliphatic rings. The highest BCUT2D eigenvalue weighted by Gasteiger charge is 2.47. The fraction of sp³-hybridized carbons (Fsp3) is 0.955. The van der Waals surface area contributed by atoms with E-state index in [4.69, 9.17) is 14.7 Å². The van der Waals surface area contributed by atoms with Crippen molar-refractivity contribution in [3.8, 4) is 0 Å². The van der Waals surface area contributed by atoms with Gasteiger partial charge < -0.3 is 9.47 Å². The third kappa shape index (κ3) is 7.71.